The van der Waals surface area contributed by atoms with Gasteiger partial charge in [0.25, 0.3) is 0 Å². The third kappa shape index (κ3) is 8.73. The first kappa shape index (κ1) is 30.4. The Labute approximate surface area is 235 Å². The van der Waals surface area contributed by atoms with Gasteiger partial charge in [-0.05, 0) is 56.5 Å². The van der Waals surface area contributed by atoms with Crippen molar-refractivity contribution < 1.29 is 27.4 Å². The first-order valence-corrected chi connectivity index (χ1v) is 14.1. The first-order valence-electron chi connectivity index (χ1n) is 14.1. The fourth-order valence-electron chi connectivity index (χ4n) is 5.58. The summed E-state index contributed by atoms with van der Waals surface area (Å²) in [5, 5.41) is 3.75. The quantitative estimate of drug-likeness (QED) is 0.413. The van der Waals surface area contributed by atoms with Gasteiger partial charge in [0.15, 0.2) is 0 Å². The lowest BCUT2D eigenvalue weighted by Crippen LogP contribution is -2.51. The predicted molar refractivity (Wildman–Crippen MR) is 147 cm³/mol. The zero-order chi connectivity index (χ0) is 28.5. The van der Waals surface area contributed by atoms with E-state index in [1.165, 1.54) is 5.56 Å². The van der Waals surface area contributed by atoms with Crippen LogP contribution in [-0.2, 0) is 40.0 Å². The van der Waals surface area contributed by atoms with Gasteiger partial charge in [0.2, 0.25) is 5.91 Å². The molecule has 1 amide bonds. The van der Waals surface area contributed by atoms with E-state index < -0.39 is 11.7 Å². The molecule has 1 saturated heterocycles. The van der Waals surface area contributed by atoms with E-state index in [0.717, 1.165) is 44.6 Å². The van der Waals surface area contributed by atoms with Crippen molar-refractivity contribution in [3.8, 4) is 0 Å². The molecule has 220 valence electrons. The number of rotatable bonds is 12. The monoisotopic (exact) mass is 562 g/mol. The Hall–Kier alpha value is -2.53. The van der Waals surface area contributed by atoms with Gasteiger partial charge in [-0.1, -0.05) is 30.3 Å². The second kappa shape index (κ2) is 14.4. The van der Waals surface area contributed by atoms with Crippen LogP contribution >= 0.6 is 0 Å². The van der Waals surface area contributed by atoms with Crippen LogP contribution in [0, 0.1) is 0 Å². The second-order valence-corrected chi connectivity index (χ2v) is 10.9. The molecule has 3 heterocycles. The molecule has 2 aliphatic rings. The number of aromatic nitrogens is 1. The summed E-state index contributed by atoms with van der Waals surface area (Å²) in [6.45, 7) is 3.66. The van der Waals surface area contributed by atoms with E-state index in [9.17, 15) is 18.0 Å². The maximum absolute atomic E-state index is 13.2. The van der Waals surface area contributed by atoms with Gasteiger partial charge in [0.05, 0.1) is 18.3 Å². The molecule has 1 aromatic carbocycles. The summed E-state index contributed by atoms with van der Waals surface area (Å²) >= 11 is 0. The van der Waals surface area contributed by atoms with Crippen molar-refractivity contribution in [2.75, 3.05) is 40.5 Å². The standard InChI is InChI=1S/C30H41F3N4O3/c1-36(19-22-7-4-3-5-8-22)14-6-9-25(35-27-13-16-40-21-28(27)39-2)10-11-29(38)37-15-12-26-23(20-37)17-24(18-34-26)30(31,32)33/h3-5,7-8,17-18,25,27-28,35H,6,9-16,19-21H2,1-2H3. The number of amides is 1. The lowest BCUT2D eigenvalue weighted by atomic mass is 9.99. The Morgan fingerprint density at radius 3 is 2.83 bits per heavy atom. The van der Waals surface area contributed by atoms with Crippen LogP contribution in [0.1, 0.15) is 54.5 Å². The van der Waals surface area contributed by atoms with E-state index in [-0.39, 0.29) is 30.6 Å². The maximum atomic E-state index is 13.2. The van der Waals surface area contributed by atoms with E-state index in [4.69, 9.17) is 9.47 Å². The molecule has 0 spiro atoms. The summed E-state index contributed by atoms with van der Waals surface area (Å²) in [4.78, 5) is 21.2. The van der Waals surface area contributed by atoms with Gasteiger partial charge in [0.1, 0.15) is 0 Å². The number of nitrogens with zero attached hydrogens (tertiary/aromatic N) is 3. The molecular formula is C30H41F3N4O3. The van der Waals surface area contributed by atoms with Gasteiger partial charge in [0, 0.05) is 70.2 Å². The largest absolute Gasteiger partial charge is 0.417 e. The number of fused-ring (bicyclic) bond motifs is 1. The SMILES string of the molecule is COC1COCCC1NC(CCCN(C)Cc1ccccc1)CCC(=O)N1CCc2ncc(C(F)(F)F)cc2C1. The van der Waals surface area contributed by atoms with E-state index >= 15 is 0 Å². The molecule has 7 nitrogen and oxygen atoms in total. The van der Waals surface area contributed by atoms with Crippen molar-refractivity contribution in [1.29, 1.82) is 0 Å². The van der Waals surface area contributed by atoms with Gasteiger partial charge in [-0.2, -0.15) is 13.2 Å². The summed E-state index contributed by atoms with van der Waals surface area (Å²) in [5.41, 5.74) is 1.62. The van der Waals surface area contributed by atoms with Crippen LogP contribution < -0.4 is 5.32 Å². The summed E-state index contributed by atoms with van der Waals surface area (Å²) in [7, 11) is 3.81. The molecule has 0 saturated carbocycles. The number of pyridine rings is 1. The minimum atomic E-state index is -4.45. The van der Waals surface area contributed by atoms with Crippen LogP contribution in [-0.4, -0.2) is 79.3 Å². The fourth-order valence-corrected chi connectivity index (χ4v) is 5.58. The average Bonchev–Trinajstić information content (AvgIpc) is 2.95. The van der Waals surface area contributed by atoms with Gasteiger partial charge in [-0.25, -0.2) is 0 Å². The Bertz CT molecular complexity index is 1090. The molecule has 2 aromatic rings. The highest BCUT2D eigenvalue weighted by Gasteiger charge is 2.33. The number of nitrogens with one attached hydrogen (secondary N) is 1. The molecule has 1 N–H and O–H groups in total. The molecule has 1 fully saturated rings. The van der Waals surface area contributed by atoms with E-state index in [2.05, 4.69) is 34.4 Å². The van der Waals surface area contributed by atoms with E-state index in [1.54, 1.807) is 12.0 Å². The summed E-state index contributed by atoms with van der Waals surface area (Å²) in [6, 6.07) is 11.8. The van der Waals surface area contributed by atoms with Crippen molar-refractivity contribution in [1.82, 2.24) is 20.1 Å². The van der Waals surface area contributed by atoms with Crippen molar-refractivity contribution >= 4 is 5.91 Å². The predicted octanol–water partition coefficient (Wildman–Crippen LogP) is 4.44. The smallest absolute Gasteiger partial charge is 0.379 e. The van der Waals surface area contributed by atoms with Gasteiger partial charge in [-0.3, -0.25) is 9.78 Å². The van der Waals surface area contributed by atoms with E-state index in [1.807, 2.05) is 18.2 Å². The number of hydrogen-bond donors (Lipinski definition) is 1. The highest BCUT2D eigenvalue weighted by Crippen LogP contribution is 2.31. The molecule has 1 aromatic heterocycles. The number of carbonyl (C=O) groups is 1. The van der Waals surface area contributed by atoms with Crippen molar-refractivity contribution in [3.63, 3.8) is 0 Å². The van der Waals surface area contributed by atoms with E-state index in [0.29, 0.717) is 50.3 Å². The van der Waals surface area contributed by atoms with Crippen LogP contribution in [0.2, 0.25) is 0 Å². The molecule has 40 heavy (non-hydrogen) atoms. The minimum Gasteiger partial charge on any atom is -0.379 e. The first-order chi connectivity index (χ1) is 19.2. The normalized spacial score (nSPS) is 20.4. The Kier molecular flexibility index (Phi) is 10.9. The Morgan fingerprint density at radius 2 is 2.08 bits per heavy atom. The number of ether oxygens (including phenoxy) is 2. The minimum absolute atomic E-state index is 0.0358. The Balaban J connectivity index is 1.33. The fraction of sp³-hybridized carbons (Fsp3) is 0.600. The zero-order valence-corrected chi connectivity index (χ0v) is 23.5. The van der Waals surface area contributed by atoms with Crippen LogP contribution in [0.15, 0.2) is 42.6 Å². The highest BCUT2D eigenvalue weighted by atomic mass is 19.4. The molecule has 2 aliphatic heterocycles. The zero-order valence-electron chi connectivity index (χ0n) is 23.5. The third-order valence-electron chi connectivity index (χ3n) is 7.87. The molecule has 0 radical (unpaired) electrons. The molecule has 0 aliphatic carbocycles. The van der Waals surface area contributed by atoms with Crippen LogP contribution in [0.5, 0.6) is 0 Å². The molecule has 0 bridgehead atoms. The van der Waals surface area contributed by atoms with Gasteiger partial charge >= 0.3 is 6.18 Å². The number of hydrogen-bond acceptors (Lipinski definition) is 6. The maximum Gasteiger partial charge on any atom is 0.417 e. The Morgan fingerprint density at radius 1 is 1.27 bits per heavy atom. The van der Waals surface area contributed by atoms with Crippen molar-refractivity contribution in [3.05, 3.63) is 65.0 Å². The average molecular weight is 563 g/mol. The summed E-state index contributed by atoms with van der Waals surface area (Å²) in [5.74, 6) is -0.0358. The van der Waals surface area contributed by atoms with Crippen LogP contribution in [0.25, 0.3) is 0 Å². The number of benzene rings is 1. The summed E-state index contributed by atoms with van der Waals surface area (Å²) < 4.78 is 50.8. The number of halogens is 3. The molecular weight excluding hydrogens is 521 g/mol. The number of methoxy groups -OCH3 is 1. The van der Waals surface area contributed by atoms with Gasteiger partial charge in [-0.15, -0.1) is 0 Å². The number of alkyl halides is 3. The van der Waals surface area contributed by atoms with Crippen LogP contribution in [0.4, 0.5) is 13.2 Å². The van der Waals surface area contributed by atoms with Crippen molar-refractivity contribution in [2.24, 2.45) is 0 Å². The van der Waals surface area contributed by atoms with Gasteiger partial charge < -0.3 is 24.6 Å². The van der Waals surface area contributed by atoms with Crippen molar-refractivity contribution in [2.45, 2.75) is 76.0 Å². The summed E-state index contributed by atoms with van der Waals surface area (Å²) in [6.07, 6.45) is 0.558. The van der Waals surface area contributed by atoms with Crippen LogP contribution in [0.3, 0.4) is 0 Å². The third-order valence-corrected chi connectivity index (χ3v) is 7.87. The second-order valence-electron chi connectivity index (χ2n) is 10.9. The molecule has 4 rings (SSSR count). The molecule has 3 unspecified atom stereocenters. The topological polar surface area (TPSA) is 66.9 Å². The lowest BCUT2D eigenvalue weighted by molar-refractivity contribution is -0.137. The lowest BCUT2D eigenvalue weighted by Gasteiger charge is -2.35. The molecule has 10 heteroatoms. The molecule has 3 atom stereocenters. The number of carbonyl (C=O) groups excluding carboxylic acids is 1. The highest BCUT2D eigenvalue weighted by molar-refractivity contribution is 5.76.